The number of benzene rings is 3. The first-order valence-corrected chi connectivity index (χ1v) is 8.50. The third kappa shape index (κ3) is 1.61. The number of nitrogens with zero attached hydrogens (tertiary/aromatic N) is 2. The largest absolute Gasteiger partial charge is 0.308 e. The minimum atomic E-state index is 1.01. The monoisotopic (exact) mass is 318 g/mol. The van der Waals surface area contributed by atoms with Crippen LogP contribution in [-0.2, 0) is 0 Å². The molecule has 25 heavy (non-hydrogen) atoms. The van der Waals surface area contributed by atoms with Gasteiger partial charge in [0.15, 0.2) is 0 Å². The molecule has 0 radical (unpaired) electrons. The Morgan fingerprint density at radius 1 is 0.600 bits per heavy atom. The van der Waals surface area contributed by atoms with Crippen molar-refractivity contribution in [3.63, 3.8) is 0 Å². The summed E-state index contributed by atoms with van der Waals surface area (Å²) < 4.78 is 2.40. The molecule has 0 unspecified atom stereocenters. The molecule has 0 aliphatic heterocycles. The zero-order chi connectivity index (χ0) is 16.4. The Labute approximate surface area is 144 Å². The lowest BCUT2D eigenvalue weighted by atomic mass is 10.0. The van der Waals surface area contributed by atoms with Crippen molar-refractivity contribution in [2.45, 2.75) is 0 Å². The van der Waals surface area contributed by atoms with Crippen LogP contribution >= 0.6 is 0 Å². The van der Waals surface area contributed by atoms with Gasteiger partial charge in [0, 0.05) is 33.3 Å². The maximum Gasteiger partial charge on any atom is 0.0702 e. The molecule has 6 rings (SSSR count). The van der Waals surface area contributed by atoms with Crippen molar-refractivity contribution in [3.05, 3.63) is 85.1 Å². The lowest BCUT2D eigenvalue weighted by Gasteiger charge is -2.02. The van der Waals surface area contributed by atoms with Gasteiger partial charge in [0.05, 0.1) is 22.2 Å². The molecule has 3 aromatic carbocycles. The summed E-state index contributed by atoms with van der Waals surface area (Å²) in [5.41, 5.74) is 6.02. The maximum absolute atomic E-state index is 4.50. The lowest BCUT2D eigenvalue weighted by Crippen LogP contribution is -1.83. The summed E-state index contributed by atoms with van der Waals surface area (Å²) in [6, 6.07) is 28.0. The SMILES string of the molecule is c1ccc(-c2ccc3c(c2)c2cccc4c5ccccc5n3c42)nc1. The Morgan fingerprint density at radius 2 is 1.36 bits per heavy atom. The molecule has 0 atom stereocenters. The van der Waals surface area contributed by atoms with Crippen LogP contribution in [0.25, 0.3) is 49.4 Å². The fraction of sp³-hybridized carbons (Fsp3) is 0. The highest BCUT2D eigenvalue weighted by molar-refractivity contribution is 6.23. The van der Waals surface area contributed by atoms with Gasteiger partial charge < -0.3 is 4.40 Å². The molecule has 0 fully saturated rings. The van der Waals surface area contributed by atoms with Gasteiger partial charge in [-0.3, -0.25) is 4.98 Å². The summed E-state index contributed by atoms with van der Waals surface area (Å²) in [6.45, 7) is 0. The van der Waals surface area contributed by atoms with E-state index in [2.05, 4.69) is 76.1 Å². The summed E-state index contributed by atoms with van der Waals surface area (Å²) >= 11 is 0. The van der Waals surface area contributed by atoms with E-state index in [0.717, 1.165) is 11.3 Å². The quantitative estimate of drug-likeness (QED) is 0.369. The maximum atomic E-state index is 4.50. The molecule has 3 heterocycles. The number of rotatable bonds is 1. The molecule has 0 saturated carbocycles. The van der Waals surface area contributed by atoms with E-state index < -0.39 is 0 Å². The van der Waals surface area contributed by atoms with Crippen LogP contribution in [0.4, 0.5) is 0 Å². The van der Waals surface area contributed by atoms with E-state index in [4.69, 9.17) is 0 Å². The van der Waals surface area contributed by atoms with Gasteiger partial charge in [0.25, 0.3) is 0 Å². The first-order chi connectivity index (χ1) is 12.4. The van der Waals surface area contributed by atoms with Crippen molar-refractivity contribution < 1.29 is 0 Å². The fourth-order valence-corrected chi connectivity index (χ4v) is 4.13. The van der Waals surface area contributed by atoms with Gasteiger partial charge in [-0.2, -0.15) is 0 Å². The van der Waals surface area contributed by atoms with E-state index in [1.807, 2.05) is 18.3 Å². The topological polar surface area (TPSA) is 17.3 Å². The molecule has 0 aliphatic rings. The van der Waals surface area contributed by atoms with Gasteiger partial charge in [-0.25, -0.2) is 0 Å². The normalized spacial score (nSPS) is 12.0. The molecule has 3 aromatic heterocycles. The lowest BCUT2D eigenvalue weighted by molar-refractivity contribution is 1.33. The van der Waals surface area contributed by atoms with Gasteiger partial charge in [-0.05, 0) is 30.3 Å². The third-order valence-electron chi connectivity index (χ3n) is 5.18. The number of hydrogen-bond donors (Lipinski definition) is 0. The predicted octanol–water partition coefficient (Wildman–Crippen LogP) is 5.90. The summed E-state index contributed by atoms with van der Waals surface area (Å²) in [6.07, 6.45) is 1.85. The Bertz CT molecular complexity index is 1380. The van der Waals surface area contributed by atoms with Crippen LogP contribution < -0.4 is 0 Å². The minimum Gasteiger partial charge on any atom is -0.308 e. The van der Waals surface area contributed by atoms with E-state index in [1.54, 1.807) is 0 Å². The average Bonchev–Trinajstić information content (AvgIpc) is 3.20. The van der Waals surface area contributed by atoms with Crippen LogP contribution in [0.3, 0.4) is 0 Å². The second-order valence-electron chi connectivity index (χ2n) is 6.50. The Balaban J connectivity index is 1.82. The smallest absolute Gasteiger partial charge is 0.0702 e. The van der Waals surface area contributed by atoms with Crippen molar-refractivity contribution in [1.29, 1.82) is 0 Å². The Kier molecular flexibility index (Phi) is 2.37. The van der Waals surface area contributed by atoms with Crippen LogP contribution in [0.2, 0.25) is 0 Å². The van der Waals surface area contributed by atoms with Crippen LogP contribution in [0.15, 0.2) is 85.1 Å². The molecule has 0 N–H and O–H groups in total. The zero-order valence-electron chi connectivity index (χ0n) is 13.5. The molecule has 0 bridgehead atoms. The van der Waals surface area contributed by atoms with Crippen molar-refractivity contribution in [3.8, 4) is 11.3 Å². The summed E-state index contributed by atoms with van der Waals surface area (Å²) in [7, 11) is 0. The van der Waals surface area contributed by atoms with Gasteiger partial charge in [-0.1, -0.05) is 48.5 Å². The standard InChI is InChI=1S/C23H14N2/c1-2-10-21-16(6-1)17-7-5-8-18-19-14-15(20-9-3-4-13-24-20)11-12-22(19)25(21)23(17)18/h1-14H. The third-order valence-corrected chi connectivity index (χ3v) is 5.18. The van der Waals surface area contributed by atoms with Crippen LogP contribution in [0.1, 0.15) is 0 Å². The minimum absolute atomic E-state index is 1.01. The predicted molar refractivity (Wildman–Crippen MR) is 104 cm³/mol. The Hall–Kier alpha value is -3.39. The van der Waals surface area contributed by atoms with E-state index in [1.165, 1.54) is 38.1 Å². The van der Waals surface area contributed by atoms with Crippen molar-refractivity contribution in [2.75, 3.05) is 0 Å². The molecule has 0 saturated heterocycles. The molecule has 0 spiro atoms. The molecule has 0 aliphatic carbocycles. The van der Waals surface area contributed by atoms with E-state index in [9.17, 15) is 0 Å². The molecule has 116 valence electrons. The number of aromatic nitrogens is 2. The second-order valence-corrected chi connectivity index (χ2v) is 6.50. The molecule has 2 heteroatoms. The van der Waals surface area contributed by atoms with Gasteiger partial charge in [0.2, 0.25) is 0 Å². The summed E-state index contributed by atoms with van der Waals surface area (Å²) in [5, 5.41) is 5.23. The first kappa shape index (κ1) is 13.0. The molecule has 0 amide bonds. The highest BCUT2D eigenvalue weighted by atomic mass is 14.9. The van der Waals surface area contributed by atoms with Crippen LogP contribution in [-0.4, -0.2) is 9.38 Å². The van der Waals surface area contributed by atoms with Crippen LogP contribution in [0.5, 0.6) is 0 Å². The van der Waals surface area contributed by atoms with Crippen LogP contribution in [0, 0.1) is 0 Å². The number of fused-ring (bicyclic) bond motifs is 6. The van der Waals surface area contributed by atoms with Crippen molar-refractivity contribution >= 4 is 38.1 Å². The zero-order valence-corrected chi connectivity index (χ0v) is 13.5. The van der Waals surface area contributed by atoms with E-state index in [-0.39, 0.29) is 0 Å². The fourth-order valence-electron chi connectivity index (χ4n) is 4.13. The molecule has 2 nitrogen and oxygen atoms in total. The van der Waals surface area contributed by atoms with Gasteiger partial charge in [-0.15, -0.1) is 0 Å². The number of hydrogen-bond acceptors (Lipinski definition) is 1. The summed E-state index contributed by atoms with van der Waals surface area (Å²) in [4.78, 5) is 4.50. The number of para-hydroxylation sites is 2. The highest BCUT2D eigenvalue weighted by Gasteiger charge is 2.16. The van der Waals surface area contributed by atoms with Gasteiger partial charge >= 0.3 is 0 Å². The number of pyridine rings is 1. The average molecular weight is 318 g/mol. The highest BCUT2D eigenvalue weighted by Crippen LogP contribution is 2.39. The molecular weight excluding hydrogens is 304 g/mol. The molecule has 6 aromatic rings. The van der Waals surface area contributed by atoms with E-state index in [0.29, 0.717) is 0 Å². The van der Waals surface area contributed by atoms with Crippen molar-refractivity contribution in [1.82, 2.24) is 9.38 Å². The van der Waals surface area contributed by atoms with Gasteiger partial charge in [0.1, 0.15) is 0 Å². The van der Waals surface area contributed by atoms with Crippen molar-refractivity contribution in [2.24, 2.45) is 0 Å². The second kappa shape index (κ2) is 4.58. The van der Waals surface area contributed by atoms with E-state index >= 15 is 0 Å². The molecular formula is C23H14N2. The first-order valence-electron chi connectivity index (χ1n) is 8.50. The Morgan fingerprint density at radius 3 is 2.24 bits per heavy atom. The summed E-state index contributed by atoms with van der Waals surface area (Å²) in [5.74, 6) is 0.